The number of nitrogens with one attached hydrogen (secondary N) is 1. The van der Waals surface area contributed by atoms with Crippen LogP contribution >= 0.6 is 23.4 Å². The van der Waals surface area contributed by atoms with E-state index in [1.165, 1.54) is 31.5 Å². The summed E-state index contributed by atoms with van der Waals surface area (Å²) < 4.78 is 2.14. The maximum Gasteiger partial charge on any atom is 0.231 e. The summed E-state index contributed by atoms with van der Waals surface area (Å²) in [6.45, 7) is 5.35. The van der Waals surface area contributed by atoms with E-state index in [1.54, 1.807) is 0 Å². The van der Waals surface area contributed by atoms with E-state index < -0.39 is 6.04 Å². The van der Waals surface area contributed by atoms with Gasteiger partial charge in [0.05, 0.1) is 16.8 Å². The molecule has 3 rings (SSSR count). The fourth-order valence-electron chi connectivity index (χ4n) is 3.78. The molecule has 1 saturated carbocycles. The summed E-state index contributed by atoms with van der Waals surface area (Å²) in [5, 5.41) is 13.0. The van der Waals surface area contributed by atoms with Crippen LogP contribution in [0, 0.1) is 5.92 Å². The lowest BCUT2D eigenvalue weighted by Crippen LogP contribution is -2.44. The van der Waals surface area contributed by atoms with Gasteiger partial charge in [-0.1, -0.05) is 62.2 Å². The first-order valence-electron chi connectivity index (χ1n) is 10.0. The number of amides is 1. The molecule has 1 fully saturated rings. The number of hydrogen-bond acceptors (Lipinski definition) is 5. The summed E-state index contributed by atoms with van der Waals surface area (Å²) in [5.74, 6) is 0.770. The Labute approximate surface area is 180 Å². The molecule has 2 aromatic rings. The van der Waals surface area contributed by atoms with E-state index in [9.17, 15) is 9.59 Å². The van der Waals surface area contributed by atoms with Crippen LogP contribution in [0.5, 0.6) is 0 Å². The van der Waals surface area contributed by atoms with Gasteiger partial charge < -0.3 is 5.32 Å². The van der Waals surface area contributed by atoms with Crippen molar-refractivity contribution >= 4 is 35.1 Å². The molecular formula is C21H27ClN4O2S. The highest BCUT2D eigenvalue weighted by Crippen LogP contribution is 2.38. The number of aromatic nitrogens is 3. The van der Waals surface area contributed by atoms with Crippen LogP contribution in [0.4, 0.5) is 0 Å². The smallest absolute Gasteiger partial charge is 0.231 e. The Morgan fingerprint density at radius 3 is 2.55 bits per heavy atom. The van der Waals surface area contributed by atoms with Crippen molar-refractivity contribution in [2.45, 2.75) is 63.7 Å². The highest BCUT2D eigenvalue weighted by molar-refractivity contribution is 7.99. The van der Waals surface area contributed by atoms with E-state index in [2.05, 4.69) is 20.1 Å². The molecular weight excluding hydrogens is 408 g/mol. The SMILES string of the molecule is CC(=O)C(NC(=O)CSc1nnc(-c2ccccc2Cl)n1C1CCCC1)C(C)C. The van der Waals surface area contributed by atoms with E-state index in [0.717, 1.165) is 24.2 Å². The van der Waals surface area contributed by atoms with Crippen LogP contribution in [0.1, 0.15) is 52.5 Å². The van der Waals surface area contributed by atoms with Crippen molar-refractivity contribution in [3.05, 3.63) is 29.3 Å². The maximum absolute atomic E-state index is 12.4. The summed E-state index contributed by atoms with van der Waals surface area (Å²) in [4.78, 5) is 24.2. The predicted molar refractivity (Wildman–Crippen MR) is 116 cm³/mol. The number of benzene rings is 1. The zero-order valence-corrected chi connectivity index (χ0v) is 18.6. The van der Waals surface area contributed by atoms with E-state index in [-0.39, 0.29) is 23.4 Å². The van der Waals surface area contributed by atoms with Crippen molar-refractivity contribution in [2.75, 3.05) is 5.75 Å². The molecule has 0 aliphatic heterocycles. The lowest BCUT2D eigenvalue weighted by molar-refractivity contribution is -0.126. The van der Waals surface area contributed by atoms with Crippen molar-refractivity contribution in [1.29, 1.82) is 0 Å². The molecule has 156 valence electrons. The predicted octanol–water partition coefficient (Wildman–Crippen LogP) is 4.54. The molecule has 0 bridgehead atoms. The summed E-state index contributed by atoms with van der Waals surface area (Å²) in [6.07, 6.45) is 4.47. The molecule has 1 aromatic heterocycles. The van der Waals surface area contributed by atoms with Gasteiger partial charge in [0.15, 0.2) is 16.8 Å². The van der Waals surface area contributed by atoms with Crippen LogP contribution in [-0.4, -0.2) is 38.2 Å². The minimum absolute atomic E-state index is 0.0338. The summed E-state index contributed by atoms with van der Waals surface area (Å²) >= 11 is 7.76. The fourth-order valence-corrected chi connectivity index (χ4v) is 4.81. The van der Waals surface area contributed by atoms with Crippen LogP contribution in [0.15, 0.2) is 29.4 Å². The molecule has 0 saturated heterocycles. The third-order valence-electron chi connectivity index (χ3n) is 5.22. The Morgan fingerprint density at radius 2 is 1.93 bits per heavy atom. The van der Waals surface area contributed by atoms with Crippen LogP contribution in [0.3, 0.4) is 0 Å². The molecule has 6 nitrogen and oxygen atoms in total. The van der Waals surface area contributed by atoms with Gasteiger partial charge in [0.1, 0.15) is 0 Å². The highest BCUT2D eigenvalue weighted by atomic mass is 35.5. The Morgan fingerprint density at radius 1 is 1.24 bits per heavy atom. The van der Waals surface area contributed by atoms with E-state index in [0.29, 0.717) is 16.2 Å². The molecule has 1 heterocycles. The second kappa shape index (κ2) is 9.76. The van der Waals surface area contributed by atoms with Crippen molar-refractivity contribution in [2.24, 2.45) is 5.92 Å². The van der Waals surface area contributed by atoms with Gasteiger partial charge in [0.25, 0.3) is 0 Å². The lowest BCUT2D eigenvalue weighted by atomic mass is 10.0. The molecule has 0 spiro atoms. The fraction of sp³-hybridized carbons (Fsp3) is 0.524. The van der Waals surface area contributed by atoms with E-state index in [4.69, 9.17) is 11.6 Å². The third kappa shape index (κ3) is 5.20. The summed E-state index contributed by atoms with van der Waals surface area (Å²) in [6, 6.07) is 7.46. The van der Waals surface area contributed by atoms with Crippen LogP contribution in [0.2, 0.25) is 5.02 Å². The number of carbonyl (C=O) groups is 2. The molecule has 1 atom stereocenters. The van der Waals surface area contributed by atoms with Gasteiger partial charge in [-0.15, -0.1) is 10.2 Å². The molecule has 1 amide bonds. The van der Waals surface area contributed by atoms with E-state index in [1.807, 2.05) is 38.1 Å². The molecule has 0 radical (unpaired) electrons. The van der Waals surface area contributed by atoms with Crippen molar-refractivity contribution in [1.82, 2.24) is 20.1 Å². The monoisotopic (exact) mass is 434 g/mol. The van der Waals surface area contributed by atoms with Gasteiger partial charge in [-0.05, 0) is 37.8 Å². The normalized spacial score (nSPS) is 15.6. The number of hydrogen-bond donors (Lipinski definition) is 1. The number of ketones is 1. The maximum atomic E-state index is 12.4. The lowest BCUT2D eigenvalue weighted by Gasteiger charge is -2.20. The largest absolute Gasteiger partial charge is 0.345 e. The zero-order chi connectivity index (χ0) is 21.0. The van der Waals surface area contributed by atoms with Gasteiger partial charge >= 0.3 is 0 Å². The van der Waals surface area contributed by atoms with Crippen molar-refractivity contribution < 1.29 is 9.59 Å². The van der Waals surface area contributed by atoms with Gasteiger partial charge in [0.2, 0.25) is 5.91 Å². The Balaban J connectivity index is 1.80. The number of nitrogens with zero attached hydrogens (tertiary/aromatic N) is 3. The number of carbonyl (C=O) groups excluding carboxylic acids is 2. The first kappa shape index (κ1) is 21.8. The first-order valence-corrected chi connectivity index (χ1v) is 11.4. The number of thioether (sulfide) groups is 1. The van der Waals surface area contributed by atoms with Crippen molar-refractivity contribution in [3.63, 3.8) is 0 Å². The van der Waals surface area contributed by atoms with Gasteiger partial charge in [-0.25, -0.2) is 0 Å². The zero-order valence-electron chi connectivity index (χ0n) is 17.0. The van der Waals surface area contributed by atoms with Gasteiger partial charge in [-0.3, -0.25) is 14.2 Å². The number of Topliss-reactive ketones (excluding diaryl/α,β-unsaturated/α-hetero) is 1. The number of halogens is 1. The standard InChI is InChI=1S/C21H27ClN4O2S/c1-13(2)19(14(3)27)23-18(28)12-29-21-25-24-20(16-10-6-7-11-17(16)22)26(21)15-8-4-5-9-15/h6-7,10-11,13,15,19H,4-5,8-9,12H2,1-3H3,(H,23,28). The summed E-state index contributed by atoms with van der Waals surface area (Å²) in [5.41, 5.74) is 0.848. The average Bonchev–Trinajstić information content (AvgIpc) is 3.33. The van der Waals surface area contributed by atoms with Crippen molar-refractivity contribution in [3.8, 4) is 11.4 Å². The Kier molecular flexibility index (Phi) is 7.35. The van der Waals surface area contributed by atoms with Crippen LogP contribution in [0.25, 0.3) is 11.4 Å². The minimum Gasteiger partial charge on any atom is -0.345 e. The van der Waals surface area contributed by atoms with Crippen LogP contribution in [-0.2, 0) is 9.59 Å². The second-order valence-corrected chi connectivity index (χ2v) is 9.13. The molecule has 29 heavy (non-hydrogen) atoms. The summed E-state index contributed by atoms with van der Waals surface area (Å²) in [7, 11) is 0. The molecule has 1 aliphatic carbocycles. The second-order valence-electron chi connectivity index (χ2n) is 7.78. The average molecular weight is 435 g/mol. The first-order chi connectivity index (χ1) is 13.9. The molecule has 1 aliphatic rings. The molecule has 1 unspecified atom stereocenters. The molecule has 1 N–H and O–H groups in total. The van der Waals surface area contributed by atoms with Crippen LogP contribution < -0.4 is 5.32 Å². The van der Waals surface area contributed by atoms with Gasteiger partial charge in [-0.2, -0.15) is 0 Å². The topological polar surface area (TPSA) is 76.9 Å². The third-order valence-corrected chi connectivity index (χ3v) is 6.50. The quantitative estimate of drug-likeness (QED) is 0.617. The Bertz CT molecular complexity index is 877. The minimum atomic E-state index is -0.463. The Hall–Kier alpha value is -1.86. The highest BCUT2D eigenvalue weighted by Gasteiger charge is 2.27. The molecule has 8 heteroatoms. The van der Waals surface area contributed by atoms with E-state index >= 15 is 0 Å². The number of rotatable bonds is 8. The van der Waals surface area contributed by atoms with Gasteiger partial charge in [0, 0.05) is 11.6 Å². The molecule has 1 aromatic carbocycles.